The van der Waals surface area contributed by atoms with Crippen LogP contribution in [-0.2, 0) is 6.54 Å². The number of azo groups is 1. The van der Waals surface area contributed by atoms with E-state index in [4.69, 9.17) is 23.2 Å². The third-order valence-corrected chi connectivity index (χ3v) is 3.31. The number of fused-ring (bicyclic) bond motifs is 1. The second-order valence-corrected chi connectivity index (χ2v) is 5.13. The smallest absolute Gasteiger partial charge is 0.218 e. The molecule has 0 saturated carbocycles. The number of hydrogen-bond acceptors (Lipinski definition) is 4. The molecule has 0 unspecified atom stereocenters. The number of aromatic nitrogens is 2. The van der Waals surface area contributed by atoms with Gasteiger partial charge in [-0.3, -0.25) is 0 Å². The lowest BCUT2D eigenvalue weighted by Crippen LogP contribution is -1.86. The highest BCUT2D eigenvalue weighted by Gasteiger charge is 2.04. The van der Waals surface area contributed by atoms with Crippen LogP contribution in [0.3, 0.4) is 0 Å². The van der Waals surface area contributed by atoms with Gasteiger partial charge in [0.2, 0.25) is 5.28 Å². The molecular formula is C15H10Cl2N4. The monoisotopic (exact) mass is 316 g/mol. The van der Waals surface area contributed by atoms with E-state index in [9.17, 15) is 0 Å². The molecule has 0 aliphatic heterocycles. The predicted octanol–water partition coefficient (Wildman–Crippen LogP) is 5.22. The summed E-state index contributed by atoms with van der Waals surface area (Å²) in [6, 6.07) is 15.0. The van der Waals surface area contributed by atoms with Gasteiger partial charge in [-0.1, -0.05) is 35.9 Å². The Labute approximate surface area is 131 Å². The van der Waals surface area contributed by atoms with E-state index in [1.807, 2.05) is 48.5 Å². The summed E-state index contributed by atoms with van der Waals surface area (Å²) in [7, 11) is 0. The number of hydrogen-bond donors (Lipinski definition) is 0. The minimum absolute atomic E-state index is 0.161. The zero-order valence-corrected chi connectivity index (χ0v) is 12.4. The fourth-order valence-corrected chi connectivity index (χ4v) is 2.18. The molecule has 0 amide bonds. The molecule has 3 rings (SSSR count). The molecule has 0 bridgehead atoms. The second-order valence-electron chi connectivity index (χ2n) is 4.36. The summed E-state index contributed by atoms with van der Waals surface area (Å²) in [5.41, 5.74) is 1.77. The van der Waals surface area contributed by atoms with E-state index >= 15 is 0 Å². The number of para-hydroxylation sites is 1. The van der Waals surface area contributed by atoms with Crippen molar-refractivity contribution in [3.63, 3.8) is 0 Å². The van der Waals surface area contributed by atoms with Crippen LogP contribution in [0, 0.1) is 0 Å². The van der Waals surface area contributed by atoms with E-state index in [-0.39, 0.29) is 5.28 Å². The zero-order chi connectivity index (χ0) is 14.7. The first-order valence-electron chi connectivity index (χ1n) is 6.26. The van der Waals surface area contributed by atoms with Crippen molar-refractivity contribution in [2.75, 3.05) is 0 Å². The van der Waals surface area contributed by atoms with Crippen LogP contribution in [0.25, 0.3) is 10.9 Å². The van der Waals surface area contributed by atoms with Gasteiger partial charge in [0.25, 0.3) is 0 Å². The summed E-state index contributed by atoms with van der Waals surface area (Å²) in [6.07, 6.45) is 0. The lowest BCUT2D eigenvalue weighted by atomic mass is 10.2. The van der Waals surface area contributed by atoms with Crippen molar-refractivity contribution >= 4 is 39.9 Å². The lowest BCUT2D eigenvalue weighted by Gasteiger charge is -2.00. The molecule has 4 nitrogen and oxygen atoms in total. The Hall–Kier alpha value is -2.04. The third-order valence-electron chi connectivity index (χ3n) is 2.89. The molecule has 0 radical (unpaired) electrons. The van der Waals surface area contributed by atoms with E-state index in [1.54, 1.807) is 0 Å². The number of halogens is 2. The first-order valence-corrected chi connectivity index (χ1v) is 7.02. The molecule has 0 spiro atoms. The van der Waals surface area contributed by atoms with E-state index in [0.717, 1.165) is 16.5 Å². The van der Waals surface area contributed by atoms with Gasteiger partial charge in [-0.2, -0.15) is 10.1 Å². The molecule has 0 aliphatic rings. The minimum Gasteiger partial charge on any atom is -0.218 e. The van der Waals surface area contributed by atoms with Gasteiger partial charge in [-0.25, -0.2) is 4.98 Å². The molecule has 0 atom stereocenters. The first kappa shape index (κ1) is 13.9. The maximum Gasteiger partial charge on any atom is 0.225 e. The van der Waals surface area contributed by atoms with Crippen molar-refractivity contribution in [2.45, 2.75) is 6.54 Å². The Balaban J connectivity index is 1.87. The van der Waals surface area contributed by atoms with Crippen LogP contribution in [0.1, 0.15) is 5.56 Å². The molecule has 104 valence electrons. The molecule has 1 heterocycles. The highest BCUT2D eigenvalue weighted by atomic mass is 35.5. The SMILES string of the molecule is Clc1ccc(CN=Nc2nc(Cl)nc3ccccc23)cc1. The molecule has 0 fully saturated rings. The first-order chi connectivity index (χ1) is 10.2. The summed E-state index contributed by atoms with van der Waals surface area (Å²) in [5.74, 6) is 0.472. The Kier molecular flexibility index (Phi) is 4.08. The maximum atomic E-state index is 5.90. The molecule has 3 aromatic rings. The third kappa shape index (κ3) is 3.35. The molecule has 0 saturated heterocycles. The molecule has 21 heavy (non-hydrogen) atoms. The second kappa shape index (κ2) is 6.16. The summed E-state index contributed by atoms with van der Waals surface area (Å²) in [6.45, 7) is 0.452. The van der Waals surface area contributed by atoms with E-state index in [1.165, 1.54) is 0 Å². The highest BCUT2D eigenvalue weighted by Crippen LogP contribution is 2.24. The van der Waals surface area contributed by atoms with E-state index in [2.05, 4.69) is 20.2 Å². The predicted molar refractivity (Wildman–Crippen MR) is 84.2 cm³/mol. The number of benzene rings is 2. The minimum atomic E-state index is 0.161. The normalized spacial score (nSPS) is 11.3. The maximum absolute atomic E-state index is 5.90. The molecule has 2 aromatic carbocycles. The average molecular weight is 317 g/mol. The Morgan fingerprint density at radius 1 is 0.905 bits per heavy atom. The summed E-state index contributed by atoms with van der Waals surface area (Å²) in [5, 5.41) is 10.0. The van der Waals surface area contributed by atoms with Crippen LogP contribution in [0.5, 0.6) is 0 Å². The standard InChI is InChI=1S/C15H10Cl2N4/c16-11-7-5-10(6-8-11)9-18-21-14-12-3-1-2-4-13(12)19-15(17)20-14/h1-8H,9H2. The summed E-state index contributed by atoms with van der Waals surface area (Å²) >= 11 is 11.7. The highest BCUT2D eigenvalue weighted by molar-refractivity contribution is 6.30. The van der Waals surface area contributed by atoms with Crippen molar-refractivity contribution < 1.29 is 0 Å². The van der Waals surface area contributed by atoms with Gasteiger partial charge in [0.1, 0.15) is 0 Å². The number of nitrogens with zero attached hydrogens (tertiary/aromatic N) is 4. The Bertz CT molecular complexity index is 800. The van der Waals surface area contributed by atoms with Crippen molar-refractivity contribution in [3.05, 3.63) is 64.4 Å². The van der Waals surface area contributed by atoms with Crippen LogP contribution in [0.2, 0.25) is 10.3 Å². The quantitative estimate of drug-likeness (QED) is 0.491. The van der Waals surface area contributed by atoms with Crippen LogP contribution >= 0.6 is 23.2 Å². The van der Waals surface area contributed by atoms with Crippen LogP contribution < -0.4 is 0 Å². The fraction of sp³-hybridized carbons (Fsp3) is 0.0667. The fourth-order valence-electron chi connectivity index (χ4n) is 1.88. The van der Waals surface area contributed by atoms with E-state index < -0.39 is 0 Å². The zero-order valence-electron chi connectivity index (χ0n) is 10.9. The van der Waals surface area contributed by atoms with Gasteiger partial charge in [0.15, 0.2) is 5.82 Å². The van der Waals surface area contributed by atoms with Crippen molar-refractivity contribution in [1.82, 2.24) is 9.97 Å². The molecular weight excluding hydrogens is 307 g/mol. The van der Waals surface area contributed by atoms with Crippen molar-refractivity contribution in [2.24, 2.45) is 10.2 Å². The van der Waals surface area contributed by atoms with Gasteiger partial charge in [-0.15, -0.1) is 5.11 Å². The van der Waals surface area contributed by atoms with Crippen molar-refractivity contribution in [3.8, 4) is 0 Å². The number of rotatable bonds is 3. The Morgan fingerprint density at radius 3 is 2.48 bits per heavy atom. The average Bonchev–Trinajstić information content (AvgIpc) is 2.49. The lowest BCUT2D eigenvalue weighted by molar-refractivity contribution is 0.947. The van der Waals surface area contributed by atoms with Crippen LogP contribution in [-0.4, -0.2) is 9.97 Å². The van der Waals surface area contributed by atoms with Gasteiger partial charge in [-0.05, 0) is 41.4 Å². The topological polar surface area (TPSA) is 50.5 Å². The Morgan fingerprint density at radius 2 is 1.67 bits per heavy atom. The van der Waals surface area contributed by atoms with Gasteiger partial charge in [0.05, 0.1) is 12.1 Å². The molecule has 6 heteroatoms. The molecule has 0 N–H and O–H groups in total. The van der Waals surface area contributed by atoms with Crippen LogP contribution in [0.15, 0.2) is 58.8 Å². The van der Waals surface area contributed by atoms with Crippen LogP contribution in [0.4, 0.5) is 5.82 Å². The van der Waals surface area contributed by atoms with Crippen molar-refractivity contribution in [1.29, 1.82) is 0 Å². The van der Waals surface area contributed by atoms with Gasteiger partial charge >= 0.3 is 0 Å². The molecule has 0 aliphatic carbocycles. The van der Waals surface area contributed by atoms with Gasteiger partial charge < -0.3 is 0 Å². The largest absolute Gasteiger partial charge is 0.225 e. The van der Waals surface area contributed by atoms with Gasteiger partial charge in [0, 0.05) is 10.4 Å². The summed E-state index contributed by atoms with van der Waals surface area (Å²) < 4.78 is 0. The summed E-state index contributed by atoms with van der Waals surface area (Å²) in [4.78, 5) is 8.27. The van der Waals surface area contributed by atoms with E-state index in [0.29, 0.717) is 17.4 Å². The molecule has 1 aromatic heterocycles.